The van der Waals surface area contributed by atoms with Gasteiger partial charge in [0, 0.05) is 18.5 Å². The summed E-state index contributed by atoms with van der Waals surface area (Å²) in [7, 11) is 1.64. The maximum absolute atomic E-state index is 11.2. The van der Waals surface area contributed by atoms with Crippen LogP contribution in [0.25, 0.3) is 0 Å². The van der Waals surface area contributed by atoms with Crippen molar-refractivity contribution in [3.05, 3.63) is 42.0 Å². The van der Waals surface area contributed by atoms with Gasteiger partial charge in [-0.05, 0) is 18.2 Å². The zero-order valence-corrected chi connectivity index (χ0v) is 12.1. The molecule has 6 heteroatoms. The number of carbonyl (C=O) groups is 1. The first-order chi connectivity index (χ1) is 10.2. The fraction of sp³-hybridized carbons (Fsp3) is 0.267. The quantitative estimate of drug-likeness (QED) is 0.853. The Balaban J connectivity index is 1.96. The van der Waals surface area contributed by atoms with Crippen LogP contribution < -0.4 is 15.4 Å². The summed E-state index contributed by atoms with van der Waals surface area (Å²) in [5, 5.41) is 13.8. The molecule has 0 aliphatic heterocycles. The Bertz CT molecular complexity index is 599. The van der Waals surface area contributed by atoms with Gasteiger partial charge in [-0.3, -0.25) is 4.79 Å². The highest BCUT2D eigenvalue weighted by atomic mass is 16.5. The van der Waals surface area contributed by atoms with Crippen LogP contribution in [-0.2, 0) is 11.3 Å². The van der Waals surface area contributed by atoms with E-state index < -0.39 is 0 Å². The molecule has 0 radical (unpaired) electrons. The first-order valence-corrected chi connectivity index (χ1v) is 6.72. The van der Waals surface area contributed by atoms with E-state index in [1.807, 2.05) is 24.3 Å². The molecule has 0 saturated carbocycles. The second kappa shape index (κ2) is 7.23. The molecular weight excluding hydrogens is 268 g/mol. The molecule has 2 N–H and O–H groups in total. The minimum Gasteiger partial charge on any atom is -0.496 e. The monoisotopic (exact) mass is 286 g/mol. The van der Waals surface area contributed by atoms with E-state index in [9.17, 15) is 4.79 Å². The van der Waals surface area contributed by atoms with E-state index in [2.05, 4.69) is 20.8 Å². The summed E-state index contributed by atoms with van der Waals surface area (Å²) in [5.74, 6) is 1.82. The molecule has 0 aliphatic rings. The molecule has 1 aromatic carbocycles. The van der Waals surface area contributed by atoms with Gasteiger partial charge in [-0.25, -0.2) is 0 Å². The average Bonchev–Trinajstić information content (AvgIpc) is 2.54. The van der Waals surface area contributed by atoms with Crippen LogP contribution in [0, 0.1) is 0 Å². The molecule has 1 aromatic heterocycles. The summed E-state index contributed by atoms with van der Waals surface area (Å²) >= 11 is 0. The SMILES string of the molecule is CCC(=O)Nc1ccc(NCc2ccccc2OC)nn1. The molecule has 1 amide bonds. The van der Waals surface area contributed by atoms with Crippen molar-refractivity contribution in [1.82, 2.24) is 10.2 Å². The first-order valence-electron chi connectivity index (χ1n) is 6.72. The number of nitrogens with one attached hydrogen (secondary N) is 2. The van der Waals surface area contributed by atoms with Crippen LogP contribution in [-0.4, -0.2) is 23.2 Å². The van der Waals surface area contributed by atoms with Crippen molar-refractivity contribution in [3.8, 4) is 5.75 Å². The second-order valence-electron chi connectivity index (χ2n) is 4.37. The zero-order valence-electron chi connectivity index (χ0n) is 12.1. The van der Waals surface area contributed by atoms with Gasteiger partial charge in [-0.1, -0.05) is 25.1 Å². The fourth-order valence-electron chi connectivity index (χ4n) is 1.76. The largest absolute Gasteiger partial charge is 0.496 e. The van der Waals surface area contributed by atoms with Crippen LogP contribution in [0.15, 0.2) is 36.4 Å². The molecule has 1 heterocycles. The van der Waals surface area contributed by atoms with Crippen molar-refractivity contribution in [2.75, 3.05) is 17.7 Å². The molecule has 0 spiro atoms. The normalized spacial score (nSPS) is 10.0. The van der Waals surface area contributed by atoms with Crippen LogP contribution in [0.2, 0.25) is 0 Å². The summed E-state index contributed by atoms with van der Waals surface area (Å²) in [6, 6.07) is 11.3. The van der Waals surface area contributed by atoms with Gasteiger partial charge in [0.15, 0.2) is 5.82 Å². The van der Waals surface area contributed by atoms with Crippen molar-refractivity contribution in [2.45, 2.75) is 19.9 Å². The van der Waals surface area contributed by atoms with Gasteiger partial charge in [0.25, 0.3) is 0 Å². The molecule has 21 heavy (non-hydrogen) atoms. The smallest absolute Gasteiger partial charge is 0.225 e. The molecule has 0 fully saturated rings. The molecule has 6 nitrogen and oxygen atoms in total. The third-order valence-electron chi connectivity index (χ3n) is 2.91. The predicted octanol–water partition coefficient (Wildman–Crippen LogP) is 2.45. The van der Waals surface area contributed by atoms with E-state index in [1.165, 1.54) is 0 Å². The molecule has 0 aliphatic carbocycles. The molecule has 0 unspecified atom stereocenters. The van der Waals surface area contributed by atoms with Crippen molar-refractivity contribution < 1.29 is 9.53 Å². The lowest BCUT2D eigenvalue weighted by Gasteiger charge is -2.09. The van der Waals surface area contributed by atoms with Gasteiger partial charge < -0.3 is 15.4 Å². The van der Waals surface area contributed by atoms with Crippen LogP contribution in [0.3, 0.4) is 0 Å². The van der Waals surface area contributed by atoms with Crippen molar-refractivity contribution in [3.63, 3.8) is 0 Å². The van der Waals surface area contributed by atoms with Crippen molar-refractivity contribution >= 4 is 17.5 Å². The number of anilines is 2. The van der Waals surface area contributed by atoms with Gasteiger partial charge in [0.05, 0.1) is 7.11 Å². The highest BCUT2D eigenvalue weighted by Crippen LogP contribution is 2.18. The van der Waals surface area contributed by atoms with Gasteiger partial charge in [0.2, 0.25) is 5.91 Å². The number of hydrogen-bond donors (Lipinski definition) is 2. The maximum Gasteiger partial charge on any atom is 0.225 e. The number of carbonyl (C=O) groups excluding carboxylic acids is 1. The standard InChI is InChI=1S/C15H18N4O2/c1-3-15(20)17-14-9-8-13(18-19-14)16-10-11-6-4-5-7-12(11)21-2/h4-9H,3,10H2,1-2H3,(H,16,18)(H,17,19,20). The lowest BCUT2D eigenvalue weighted by Crippen LogP contribution is -2.11. The lowest BCUT2D eigenvalue weighted by atomic mass is 10.2. The molecule has 0 saturated heterocycles. The van der Waals surface area contributed by atoms with Gasteiger partial charge in [0.1, 0.15) is 11.6 Å². The summed E-state index contributed by atoms with van der Waals surface area (Å²) in [6.45, 7) is 2.37. The molecule has 0 atom stereocenters. The molecule has 2 rings (SSSR count). The van der Waals surface area contributed by atoms with Gasteiger partial charge in [-0.15, -0.1) is 10.2 Å². The van der Waals surface area contributed by atoms with Crippen LogP contribution in [0.5, 0.6) is 5.75 Å². The van der Waals surface area contributed by atoms with Crippen LogP contribution >= 0.6 is 0 Å². The average molecular weight is 286 g/mol. The Morgan fingerprint density at radius 2 is 1.86 bits per heavy atom. The highest BCUT2D eigenvalue weighted by Gasteiger charge is 2.04. The number of methoxy groups -OCH3 is 1. The predicted molar refractivity (Wildman–Crippen MR) is 81.3 cm³/mol. The van der Waals surface area contributed by atoms with E-state index in [0.29, 0.717) is 24.6 Å². The van der Waals surface area contributed by atoms with Crippen molar-refractivity contribution in [1.29, 1.82) is 0 Å². The number of rotatable bonds is 6. The third-order valence-corrected chi connectivity index (χ3v) is 2.91. The maximum atomic E-state index is 11.2. The van der Waals surface area contributed by atoms with Gasteiger partial charge in [-0.2, -0.15) is 0 Å². The fourth-order valence-corrected chi connectivity index (χ4v) is 1.76. The zero-order chi connectivity index (χ0) is 15.1. The summed E-state index contributed by atoms with van der Waals surface area (Å²) in [4.78, 5) is 11.2. The van der Waals surface area contributed by atoms with E-state index in [-0.39, 0.29) is 5.91 Å². The van der Waals surface area contributed by atoms with Crippen molar-refractivity contribution in [2.24, 2.45) is 0 Å². The Kier molecular flexibility index (Phi) is 5.09. The number of benzene rings is 1. The third kappa shape index (κ3) is 4.17. The summed E-state index contributed by atoms with van der Waals surface area (Å²) in [5.41, 5.74) is 1.03. The number of nitrogens with zero attached hydrogens (tertiary/aromatic N) is 2. The Labute approximate surface area is 123 Å². The molecule has 110 valence electrons. The minimum absolute atomic E-state index is 0.0842. The van der Waals surface area contributed by atoms with E-state index >= 15 is 0 Å². The lowest BCUT2D eigenvalue weighted by molar-refractivity contribution is -0.115. The molecular formula is C15H18N4O2. The number of para-hydroxylation sites is 1. The van der Waals surface area contributed by atoms with E-state index in [1.54, 1.807) is 26.2 Å². The van der Waals surface area contributed by atoms with Crippen LogP contribution in [0.4, 0.5) is 11.6 Å². The van der Waals surface area contributed by atoms with E-state index in [4.69, 9.17) is 4.74 Å². The summed E-state index contributed by atoms with van der Waals surface area (Å²) in [6.07, 6.45) is 0.412. The topological polar surface area (TPSA) is 76.1 Å². The number of amides is 1. The Morgan fingerprint density at radius 3 is 2.52 bits per heavy atom. The molecule has 2 aromatic rings. The van der Waals surface area contributed by atoms with E-state index in [0.717, 1.165) is 11.3 Å². The molecule has 0 bridgehead atoms. The Hall–Kier alpha value is -2.63. The first kappa shape index (κ1) is 14.8. The van der Waals surface area contributed by atoms with Gasteiger partial charge >= 0.3 is 0 Å². The second-order valence-corrected chi connectivity index (χ2v) is 4.37. The number of aromatic nitrogens is 2. The number of hydrogen-bond acceptors (Lipinski definition) is 5. The van der Waals surface area contributed by atoms with Crippen LogP contribution in [0.1, 0.15) is 18.9 Å². The highest BCUT2D eigenvalue weighted by molar-refractivity contribution is 5.89. The minimum atomic E-state index is -0.0842. The number of ether oxygens (including phenoxy) is 1. The Morgan fingerprint density at radius 1 is 1.14 bits per heavy atom. The summed E-state index contributed by atoms with van der Waals surface area (Å²) < 4.78 is 5.29.